The molecule has 24 heteroatoms. The molecule has 0 aromatic carbocycles. The smallest absolute Gasteiger partial charge is 0.196 e. The van der Waals surface area contributed by atoms with Gasteiger partial charge in [-0.1, -0.05) is 187 Å². The summed E-state index contributed by atoms with van der Waals surface area (Å²) in [7, 11) is 0. The molecule has 0 fully saturated rings. The summed E-state index contributed by atoms with van der Waals surface area (Å²) in [5, 5.41) is 6.43. The van der Waals surface area contributed by atoms with Crippen LogP contribution in [0.25, 0.3) is 0 Å². The molecule has 0 radical (unpaired) electrons. The van der Waals surface area contributed by atoms with E-state index in [4.69, 9.17) is 13.3 Å². The molecule has 11 rings (SSSR count). The highest BCUT2D eigenvalue weighted by molar-refractivity contribution is 7.10. The van der Waals surface area contributed by atoms with Crippen molar-refractivity contribution in [2.24, 2.45) is 0 Å². The summed E-state index contributed by atoms with van der Waals surface area (Å²) in [6.45, 7) is 57.4. The molecule has 0 saturated heterocycles. The maximum Gasteiger partial charge on any atom is 0.196 e. The van der Waals surface area contributed by atoms with Gasteiger partial charge < -0.3 is 28.2 Å². The van der Waals surface area contributed by atoms with Gasteiger partial charge in [0.05, 0.1) is 52.5 Å². The maximum absolute atomic E-state index is 4.98. The van der Waals surface area contributed by atoms with Crippen molar-refractivity contribution in [2.75, 3.05) is 0 Å². The number of aromatic nitrogens is 16. The van der Waals surface area contributed by atoms with Crippen LogP contribution in [-0.4, -0.2) is 78.5 Å². The third-order valence-corrected chi connectivity index (χ3v) is 16.2. The van der Waals surface area contributed by atoms with Gasteiger partial charge in [-0.15, -0.1) is 34.0 Å². The van der Waals surface area contributed by atoms with E-state index < -0.39 is 0 Å². The van der Waals surface area contributed by atoms with Gasteiger partial charge in [-0.05, 0) is 34.9 Å². The van der Waals surface area contributed by atoms with Crippen molar-refractivity contribution >= 4 is 57.1 Å². The molecule has 11 aromatic rings. The first-order valence-corrected chi connectivity index (χ1v) is 35.5. The second-order valence-corrected chi connectivity index (χ2v) is 31.9. The number of imidazole rings is 3. The minimum Gasteiger partial charge on any atom is -0.451 e. The normalized spacial score (nSPS) is 11.1. The molecular weight excluding hydrogens is 1260 g/mol. The van der Waals surface area contributed by atoms with E-state index in [1.807, 2.05) is 61.2 Å². The molecule has 0 saturated carbocycles. The Balaban J connectivity index is 0.000000512. The van der Waals surface area contributed by atoms with Crippen molar-refractivity contribution in [2.45, 2.75) is 250 Å². The molecule has 19 nitrogen and oxygen atoms in total. The number of nitrogens with one attached hydrogen (secondary N) is 3. The maximum atomic E-state index is 4.98. The van der Waals surface area contributed by atoms with Gasteiger partial charge in [-0.3, -0.25) is 4.98 Å². The van der Waals surface area contributed by atoms with Gasteiger partial charge in [0.25, 0.3) is 0 Å². The summed E-state index contributed by atoms with van der Waals surface area (Å²) in [6, 6.07) is 0. The first-order chi connectivity index (χ1) is 43.4. The Morgan fingerprint density at radius 2 is 1.16 bits per heavy atom. The van der Waals surface area contributed by atoms with Gasteiger partial charge in [0.1, 0.15) is 46.8 Å². The monoisotopic (exact) mass is 1370 g/mol. The van der Waals surface area contributed by atoms with Gasteiger partial charge >= 0.3 is 0 Å². The molecule has 0 unspecified atom stereocenters. The van der Waals surface area contributed by atoms with Crippen LogP contribution >= 0.6 is 57.1 Å². The highest BCUT2D eigenvalue weighted by Crippen LogP contribution is 2.24. The number of hydrogen-bond donors (Lipinski definition) is 3. The van der Waals surface area contributed by atoms with Crippen molar-refractivity contribution in [3.05, 3.63) is 182 Å². The predicted molar refractivity (Wildman–Crippen MR) is 389 cm³/mol. The number of aromatic amines is 3. The van der Waals surface area contributed by atoms with E-state index in [1.165, 1.54) is 62.8 Å². The SMILES string of the molecule is CC(C)(C)c1cnc[nH]1.CC(C)(C)c1cocn1.CC(C)(C)c1cscn1.CC(C)(C)c1ncns1.CC(C)(C)c1ncsn1.CC(C)c1cnc[nH]1.CC(C)c1cnco1.CC(C)c1cncs1.CC(C)c1ncc[nH]1.CC(C)c1ncco1.CC(C)c1nccs1. The van der Waals surface area contributed by atoms with Crippen LogP contribution in [0.15, 0.2) is 134 Å². The largest absolute Gasteiger partial charge is 0.451 e. The van der Waals surface area contributed by atoms with Crippen LogP contribution in [-0.2, 0) is 27.1 Å². The van der Waals surface area contributed by atoms with Crippen LogP contribution in [0.5, 0.6) is 0 Å². The van der Waals surface area contributed by atoms with Crippen molar-refractivity contribution in [3.8, 4) is 0 Å². The van der Waals surface area contributed by atoms with Gasteiger partial charge in [-0.2, -0.15) is 8.75 Å². The fourth-order valence-corrected chi connectivity index (χ4v) is 9.32. The molecule has 0 aliphatic heterocycles. The molecule has 0 aliphatic rings. The third-order valence-electron chi connectivity index (χ3n) is 11.9. The zero-order valence-corrected chi connectivity index (χ0v) is 64.7. The minimum absolute atomic E-state index is 0.111. The van der Waals surface area contributed by atoms with E-state index in [-0.39, 0.29) is 27.1 Å². The Labute approximate surface area is 576 Å². The number of thiazole rings is 3. The van der Waals surface area contributed by atoms with E-state index in [2.05, 4.69) is 257 Å². The Morgan fingerprint density at radius 3 is 1.40 bits per heavy atom. The van der Waals surface area contributed by atoms with Crippen LogP contribution in [0.2, 0.25) is 0 Å². The highest BCUT2D eigenvalue weighted by atomic mass is 32.1. The molecule has 0 bridgehead atoms. The van der Waals surface area contributed by atoms with Gasteiger partial charge in [-0.25, -0.2) is 49.8 Å². The fourth-order valence-electron chi connectivity index (χ4n) is 6.07. The second kappa shape index (κ2) is 43.3. The summed E-state index contributed by atoms with van der Waals surface area (Å²) in [5.41, 5.74) is 10.9. The van der Waals surface area contributed by atoms with E-state index in [0.717, 1.165) is 34.0 Å². The number of nitrogens with zero attached hydrogens (tertiary/aromatic N) is 13. The van der Waals surface area contributed by atoms with Crippen LogP contribution < -0.4 is 0 Å². The molecule has 11 aromatic heterocycles. The third kappa shape index (κ3) is 38.3. The summed E-state index contributed by atoms with van der Waals surface area (Å²) in [4.78, 5) is 54.6. The lowest BCUT2D eigenvalue weighted by Crippen LogP contribution is -2.12. The molecule has 0 atom stereocenters. The first kappa shape index (κ1) is 84.3. The van der Waals surface area contributed by atoms with Gasteiger partial charge in [0.2, 0.25) is 0 Å². The van der Waals surface area contributed by atoms with Crippen molar-refractivity contribution in [1.82, 2.24) is 78.5 Å². The van der Waals surface area contributed by atoms with E-state index in [1.54, 1.807) is 89.6 Å². The van der Waals surface area contributed by atoms with Crippen LogP contribution in [0.1, 0.15) is 283 Å². The van der Waals surface area contributed by atoms with Crippen LogP contribution in [0.4, 0.5) is 0 Å². The standard InChI is InChI=1S/C7H12N2.C7H11NO.C7H11NS.2C6H10N2S.2C6H10N2.2C6H9NO.2C6H9NS/c1-7(2,3)6-4-8-5-9-6;2*1-7(2,3)6-4-9-5-8-6;1-6(2,3)5-7-4-9-8-5;1-6(2,3)5-7-4-8-9-5;1-5(2)6-3-7-4-8-6;1-5(2)6-7-3-4-8-6;1-5(2)6-3-7-4-8-6;1-5(2)6-7-3-4-8-6;1-5(2)6-3-7-4-8-6;1-5(2)6-7-3-4-8-6/h4-5H,1-3H3,(H,8,9);2*4-5H,1-3H3;2*4H,1-3H3;2*3-5H,1-2H3,(H,7,8);4*3-5H,1-2H3. The summed E-state index contributed by atoms with van der Waals surface area (Å²) < 4.78 is 22.8. The number of rotatable bonds is 6. The molecule has 0 aliphatic carbocycles. The molecule has 514 valence electrons. The number of hydrogen-bond acceptors (Lipinski definition) is 21. The minimum atomic E-state index is 0.111. The van der Waals surface area contributed by atoms with E-state index in [9.17, 15) is 0 Å². The lowest BCUT2D eigenvalue weighted by Gasteiger charge is -2.14. The molecule has 0 spiro atoms. The molecular formula is C69H110N16O3S5. The first-order valence-electron chi connectivity index (χ1n) is 31.2. The Hall–Kier alpha value is -6.73. The average Bonchev–Trinajstić information content (AvgIpc) is 2.35. The Bertz CT molecular complexity index is 2730. The average molecular weight is 1370 g/mol. The van der Waals surface area contributed by atoms with Crippen molar-refractivity contribution in [1.29, 1.82) is 0 Å². The summed E-state index contributed by atoms with van der Waals surface area (Å²) in [5.74, 6) is 6.94. The lowest BCUT2D eigenvalue weighted by molar-refractivity contribution is 0.471. The quantitative estimate of drug-likeness (QED) is 0.140. The van der Waals surface area contributed by atoms with Crippen LogP contribution in [0, 0.1) is 0 Å². The van der Waals surface area contributed by atoms with Crippen molar-refractivity contribution in [3.63, 3.8) is 0 Å². The van der Waals surface area contributed by atoms with Gasteiger partial charge in [0, 0.05) is 115 Å². The Morgan fingerprint density at radius 1 is 0.484 bits per heavy atom. The molecule has 93 heavy (non-hydrogen) atoms. The zero-order valence-electron chi connectivity index (χ0n) is 60.6. The van der Waals surface area contributed by atoms with E-state index in [0.29, 0.717) is 35.5 Å². The number of oxazole rings is 3. The lowest BCUT2D eigenvalue weighted by atomic mass is 9.93. The molecule has 0 amide bonds. The highest BCUT2D eigenvalue weighted by Gasteiger charge is 2.19. The molecule has 11 heterocycles. The summed E-state index contributed by atoms with van der Waals surface area (Å²) in [6.07, 6.45) is 25.7. The zero-order chi connectivity index (χ0) is 70.4. The molecule has 3 N–H and O–H groups in total. The van der Waals surface area contributed by atoms with Crippen molar-refractivity contribution < 1.29 is 13.3 Å². The second-order valence-electron chi connectivity index (χ2n) is 27.9. The van der Waals surface area contributed by atoms with Crippen LogP contribution in [0.3, 0.4) is 0 Å². The predicted octanol–water partition coefficient (Wildman–Crippen LogP) is 21.0. The Kier molecular flexibility index (Phi) is 39.2. The van der Waals surface area contributed by atoms with E-state index >= 15 is 0 Å². The fraction of sp³-hybridized carbons (Fsp3) is 0.551. The number of H-pyrrole nitrogens is 3. The summed E-state index contributed by atoms with van der Waals surface area (Å²) >= 11 is 7.97. The van der Waals surface area contributed by atoms with Gasteiger partial charge in [0.15, 0.2) is 18.7 Å². The topological polar surface area (TPSA) is 254 Å².